The van der Waals surface area contributed by atoms with Gasteiger partial charge in [0.2, 0.25) is 0 Å². The van der Waals surface area contributed by atoms with E-state index in [2.05, 4.69) is 31.3 Å². The van der Waals surface area contributed by atoms with Crippen molar-refractivity contribution in [3.63, 3.8) is 0 Å². The minimum absolute atomic E-state index is 0.0177. The topological polar surface area (TPSA) is 145 Å². The zero-order valence-electron chi connectivity index (χ0n) is 16.2. The Morgan fingerprint density at radius 3 is 2.34 bits per heavy atom. The SMILES string of the molecule is COC(=O)Nc1c(Cl)cc(C(O)CNC(C)(C)C)c(/C(=C/C(=O)O)C(=O)O)c1Br. The fourth-order valence-electron chi connectivity index (χ4n) is 2.32. The molecule has 1 amide bonds. The summed E-state index contributed by atoms with van der Waals surface area (Å²) in [5, 5.41) is 34.7. The van der Waals surface area contributed by atoms with Gasteiger partial charge in [0.05, 0.1) is 34.0 Å². The number of ether oxygens (including phenoxy) is 1. The molecule has 0 saturated carbocycles. The predicted octanol–water partition coefficient (Wildman–Crippen LogP) is 3.25. The summed E-state index contributed by atoms with van der Waals surface area (Å²) in [6.07, 6.45) is -1.62. The molecule has 0 fully saturated rings. The van der Waals surface area contributed by atoms with Gasteiger partial charge in [-0.1, -0.05) is 11.6 Å². The summed E-state index contributed by atoms with van der Waals surface area (Å²) >= 11 is 9.39. The molecule has 0 aliphatic heterocycles. The van der Waals surface area contributed by atoms with Crippen LogP contribution in [0.4, 0.5) is 10.5 Å². The number of β-amino-alcohol motifs (C(OH)–C–C–N with tert-alkyl or cyclic N) is 1. The van der Waals surface area contributed by atoms with E-state index in [1.54, 1.807) is 0 Å². The summed E-state index contributed by atoms with van der Waals surface area (Å²) in [7, 11) is 1.13. The Morgan fingerprint density at radius 2 is 1.90 bits per heavy atom. The van der Waals surface area contributed by atoms with Gasteiger partial charge in [-0.25, -0.2) is 14.4 Å². The second-order valence-electron chi connectivity index (χ2n) is 6.98. The van der Waals surface area contributed by atoms with Crippen LogP contribution in [0.25, 0.3) is 5.57 Å². The van der Waals surface area contributed by atoms with Crippen LogP contribution in [0.3, 0.4) is 0 Å². The molecule has 0 saturated heterocycles. The fraction of sp³-hybridized carbons (Fsp3) is 0.389. The number of nitrogens with one attached hydrogen (secondary N) is 2. The molecule has 1 rings (SSSR count). The highest BCUT2D eigenvalue weighted by Gasteiger charge is 2.28. The van der Waals surface area contributed by atoms with Gasteiger partial charge in [-0.3, -0.25) is 5.32 Å². The van der Waals surface area contributed by atoms with Gasteiger partial charge in [-0.2, -0.15) is 0 Å². The highest BCUT2D eigenvalue weighted by molar-refractivity contribution is 9.10. The molecule has 29 heavy (non-hydrogen) atoms. The lowest BCUT2D eigenvalue weighted by Crippen LogP contribution is -2.38. The van der Waals surface area contributed by atoms with Gasteiger partial charge >= 0.3 is 18.0 Å². The minimum Gasteiger partial charge on any atom is -0.478 e. The van der Waals surface area contributed by atoms with Crippen LogP contribution in [-0.4, -0.2) is 52.5 Å². The maximum atomic E-state index is 11.8. The number of carboxylic acids is 2. The molecule has 0 aliphatic rings. The zero-order chi connectivity index (χ0) is 22.5. The Kier molecular flexibility index (Phi) is 8.64. The molecule has 0 spiro atoms. The van der Waals surface area contributed by atoms with Crippen molar-refractivity contribution in [2.24, 2.45) is 0 Å². The molecule has 11 heteroatoms. The maximum Gasteiger partial charge on any atom is 0.411 e. The van der Waals surface area contributed by atoms with Crippen molar-refractivity contribution in [3.05, 3.63) is 32.8 Å². The quantitative estimate of drug-likeness (QED) is 0.364. The number of anilines is 1. The van der Waals surface area contributed by atoms with Crippen LogP contribution in [0.1, 0.15) is 38.0 Å². The lowest BCUT2D eigenvalue weighted by atomic mass is 9.94. The highest BCUT2D eigenvalue weighted by Crippen LogP contribution is 2.41. The van der Waals surface area contributed by atoms with E-state index >= 15 is 0 Å². The van der Waals surface area contributed by atoms with Crippen LogP contribution in [-0.2, 0) is 14.3 Å². The van der Waals surface area contributed by atoms with E-state index < -0.39 is 29.7 Å². The summed E-state index contributed by atoms with van der Waals surface area (Å²) in [4.78, 5) is 34.5. The largest absolute Gasteiger partial charge is 0.478 e. The van der Waals surface area contributed by atoms with Gasteiger partial charge in [0, 0.05) is 23.7 Å². The highest BCUT2D eigenvalue weighted by atomic mass is 79.9. The van der Waals surface area contributed by atoms with Crippen LogP contribution in [0, 0.1) is 0 Å². The second kappa shape index (κ2) is 10.1. The third-order valence-electron chi connectivity index (χ3n) is 3.61. The summed E-state index contributed by atoms with van der Waals surface area (Å²) in [6, 6.07) is 1.26. The third-order valence-corrected chi connectivity index (χ3v) is 4.70. The van der Waals surface area contributed by atoms with Crippen molar-refractivity contribution < 1.29 is 34.4 Å². The number of carbonyl (C=O) groups excluding carboxylic acids is 1. The van der Waals surface area contributed by atoms with E-state index in [-0.39, 0.29) is 38.4 Å². The lowest BCUT2D eigenvalue weighted by molar-refractivity contribution is -0.133. The number of carbonyl (C=O) groups is 3. The van der Waals surface area contributed by atoms with Gasteiger partial charge in [-0.15, -0.1) is 0 Å². The molecule has 0 bridgehead atoms. The number of methoxy groups -OCH3 is 1. The number of hydrogen-bond acceptors (Lipinski definition) is 6. The maximum absolute atomic E-state index is 11.8. The summed E-state index contributed by atoms with van der Waals surface area (Å²) in [5.41, 5.74) is -1.08. The van der Waals surface area contributed by atoms with Crippen molar-refractivity contribution >= 4 is 56.8 Å². The molecule has 0 aliphatic carbocycles. The Bertz CT molecular complexity index is 850. The van der Waals surface area contributed by atoms with Gasteiger partial charge in [0.15, 0.2) is 0 Å². The summed E-state index contributed by atoms with van der Waals surface area (Å²) in [5.74, 6) is -3.04. The smallest absolute Gasteiger partial charge is 0.411 e. The average Bonchev–Trinajstić information content (AvgIpc) is 2.59. The molecule has 9 nitrogen and oxygen atoms in total. The Morgan fingerprint density at radius 1 is 1.31 bits per heavy atom. The number of halogens is 2. The van der Waals surface area contributed by atoms with E-state index in [1.165, 1.54) is 6.07 Å². The Hall–Kier alpha value is -2.14. The second-order valence-corrected chi connectivity index (χ2v) is 8.18. The molecule has 1 unspecified atom stereocenters. The van der Waals surface area contributed by atoms with Crippen molar-refractivity contribution in [1.29, 1.82) is 0 Å². The average molecular weight is 494 g/mol. The summed E-state index contributed by atoms with van der Waals surface area (Å²) < 4.78 is 4.50. The molecule has 1 aromatic carbocycles. The molecule has 1 atom stereocenters. The number of aliphatic carboxylic acids is 2. The van der Waals surface area contributed by atoms with E-state index in [4.69, 9.17) is 16.7 Å². The number of aliphatic hydroxyl groups excluding tert-OH is 1. The molecule has 0 heterocycles. The van der Waals surface area contributed by atoms with Gasteiger partial charge in [0.25, 0.3) is 0 Å². The normalized spacial score (nSPS) is 13.0. The third kappa shape index (κ3) is 7.00. The van der Waals surface area contributed by atoms with Crippen LogP contribution in [0.5, 0.6) is 0 Å². The van der Waals surface area contributed by atoms with Crippen molar-refractivity contribution in [2.75, 3.05) is 19.0 Å². The van der Waals surface area contributed by atoms with Crippen LogP contribution in [0.2, 0.25) is 5.02 Å². The Balaban J connectivity index is 3.72. The van der Waals surface area contributed by atoms with Crippen LogP contribution < -0.4 is 10.6 Å². The Labute approximate surface area is 180 Å². The van der Waals surface area contributed by atoms with Crippen LogP contribution >= 0.6 is 27.5 Å². The molecular formula is C18H22BrClN2O7. The molecule has 5 N–H and O–H groups in total. The fourth-order valence-corrected chi connectivity index (χ4v) is 3.45. The van der Waals surface area contributed by atoms with Crippen molar-refractivity contribution in [1.82, 2.24) is 5.32 Å². The van der Waals surface area contributed by atoms with Crippen molar-refractivity contribution in [3.8, 4) is 0 Å². The van der Waals surface area contributed by atoms with E-state index in [0.29, 0.717) is 6.08 Å². The number of amides is 1. The van der Waals surface area contributed by atoms with Crippen LogP contribution in [0.15, 0.2) is 16.6 Å². The van der Waals surface area contributed by atoms with Crippen molar-refractivity contribution in [2.45, 2.75) is 32.4 Å². The van der Waals surface area contributed by atoms with Gasteiger partial charge < -0.3 is 25.4 Å². The first-order valence-corrected chi connectivity index (χ1v) is 9.43. The molecule has 1 aromatic rings. The lowest BCUT2D eigenvalue weighted by Gasteiger charge is -2.25. The molecule has 160 valence electrons. The standard InChI is InChI=1S/C18H22BrClN2O7/c1-18(2,3)21-7-11(23)8-5-10(20)15(22-17(28)29-4)14(19)13(8)9(16(26)27)6-12(24)25/h5-6,11,21,23H,7H2,1-4H3,(H,22,28)(H,24,25)(H,26,27)/b9-6-. The minimum atomic E-state index is -1.54. The number of hydrogen-bond donors (Lipinski definition) is 5. The van der Waals surface area contributed by atoms with Gasteiger partial charge in [0.1, 0.15) is 0 Å². The zero-order valence-corrected chi connectivity index (χ0v) is 18.5. The number of rotatable bonds is 7. The van der Waals surface area contributed by atoms with Gasteiger partial charge in [-0.05, 0) is 48.3 Å². The number of aliphatic hydroxyl groups is 1. The predicted molar refractivity (Wildman–Crippen MR) is 111 cm³/mol. The van der Waals surface area contributed by atoms with E-state index in [1.807, 2.05) is 20.8 Å². The van der Waals surface area contributed by atoms with E-state index in [9.17, 15) is 24.6 Å². The van der Waals surface area contributed by atoms with E-state index in [0.717, 1.165) is 7.11 Å². The first kappa shape index (κ1) is 24.9. The first-order valence-electron chi connectivity index (χ1n) is 8.26. The summed E-state index contributed by atoms with van der Waals surface area (Å²) in [6.45, 7) is 5.66. The first-order chi connectivity index (χ1) is 13.3. The molecule has 0 aromatic heterocycles. The molecular weight excluding hydrogens is 472 g/mol. The monoisotopic (exact) mass is 492 g/mol. The number of carboxylic acid groups (broad SMARTS) is 2. The molecule has 0 radical (unpaired) electrons. The number of benzene rings is 1.